The van der Waals surface area contributed by atoms with E-state index in [1.54, 1.807) is 19.5 Å². The summed E-state index contributed by atoms with van der Waals surface area (Å²) in [7, 11) is 1.67. The monoisotopic (exact) mass is 365 g/mol. The molecule has 142 valence electrons. The lowest BCUT2D eigenvalue weighted by atomic mass is 9.90. The number of benzene rings is 1. The van der Waals surface area contributed by atoms with E-state index < -0.39 is 0 Å². The minimum absolute atomic E-state index is 0.235. The van der Waals surface area contributed by atoms with Crippen molar-refractivity contribution in [3.63, 3.8) is 0 Å². The second kappa shape index (κ2) is 8.07. The van der Waals surface area contributed by atoms with Crippen molar-refractivity contribution in [2.45, 2.75) is 44.4 Å². The van der Waals surface area contributed by atoms with Crippen LogP contribution in [-0.4, -0.2) is 41.0 Å². The Kier molecular flexibility index (Phi) is 5.37. The van der Waals surface area contributed by atoms with E-state index in [1.807, 2.05) is 24.3 Å². The van der Waals surface area contributed by atoms with Gasteiger partial charge in [-0.2, -0.15) is 0 Å². The molecule has 0 spiro atoms. The number of carbonyl (C=O) groups is 1. The average Bonchev–Trinajstić information content (AvgIpc) is 3.28. The first-order valence-corrected chi connectivity index (χ1v) is 10.0. The standard InChI is InChI=1S/C22H27N3O2/c1-27-19-10-4-8-17(14-19)20-21(24-12-11-23-20)18-9-5-13-25(15-18)22(26)16-6-2-3-7-16/h4,8,10-12,14,16,18H,2-3,5-7,9,13,15H2,1H3/t18-/m0/s1. The van der Waals surface area contributed by atoms with Crippen LogP contribution in [0.4, 0.5) is 0 Å². The van der Waals surface area contributed by atoms with Crippen molar-refractivity contribution in [1.82, 2.24) is 14.9 Å². The van der Waals surface area contributed by atoms with Gasteiger partial charge in [0.05, 0.1) is 18.5 Å². The summed E-state index contributed by atoms with van der Waals surface area (Å²) in [6.45, 7) is 1.63. The Morgan fingerprint density at radius 3 is 2.74 bits per heavy atom. The van der Waals surface area contributed by atoms with Crippen LogP contribution in [0.5, 0.6) is 5.75 Å². The van der Waals surface area contributed by atoms with E-state index in [4.69, 9.17) is 4.74 Å². The fraction of sp³-hybridized carbons (Fsp3) is 0.500. The van der Waals surface area contributed by atoms with Crippen molar-refractivity contribution in [3.05, 3.63) is 42.4 Å². The van der Waals surface area contributed by atoms with E-state index in [1.165, 1.54) is 12.8 Å². The van der Waals surface area contributed by atoms with Crippen LogP contribution in [-0.2, 0) is 4.79 Å². The van der Waals surface area contributed by atoms with Gasteiger partial charge in [0, 0.05) is 42.9 Å². The number of methoxy groups -OCH3 is 1. The van der Waals surface area contributed by atoms with E-state index in [0.717, 1.165) is 61.5 Å². The molecule has 4 rings (SSSR count). The topological polar surface area (TPSA) is 55.3 Å². The molecule has 1 aliphatic carbocycles. The summed E-state index contributed by atoms with van der Waals surface area (Å²) < 4.78 is 5.37. The van der Waals surface area contributed by atoms with Crippen LogP contribution in [0.25, 0.3) is 11.3 Å². The molecule has 5 nitrogen and oxygen atoms in total. The first-order valence-electron chi connectivity index (χ1n) is 10.0. The number of piperidine rings is 1. The van der Waals surface area contributed by atoms with Crippen LogP contribution >= 0.6 is 0 Å². The zero-order valence-electron chi connectivity index (χ0n) is 15.9. The zero-order chi connectivity index (χ0) is 18.6. The summed E-state index contributed by atoms with van der Waals surface area (Å²) in [5, 5.41) is 0. The molecule has 0 N–H and O–H groups in total. The highest BCUT2D eigenvalue weighted by atomic mass is 16.5. The molecule has 2 heterocycles. The first kappa shape index (κ1) is 18.0. The third-order valence-corrected chi connectivity index (χ3v) is 5.89. The predicted octanol–water partition coefficient (Wildman–Crippen LogP) is 4.05. The Morgan fingerprint density at radius 2 is 1.93 bits per heavy atom. The van der Waals surface area contributed by atoms with Crippen molar-refractivity contribution in [3.8, 4) is 17.0 Å². The third-order valence-electron chi connectivity index (χ3n) is 5.89. The van der Waals surface area contributed by atoms with E-state index in [9.17, 15) is 4.79 Å². The SMILES string of the molecule is COc1cccc(-c2nccnc2[C@H]2CCCN(C(=O)C3CCCC3)C2)c1. The molecule has 1 aromatic heterocycles. The molecule has 2 aliphatic rings. The average molecular weight is 365 g/mol. The Labute approximate surface area is 160 Å². The van der Waals surface area contributed by atoms with Crippen LogP contribution in [0.2, 0.25) is 0 Å². The maximum atomic E-state index is 12.9. The molecule has 1 aromatic carbocycles. The lowest BCUT2D eigenvalue weighted by molar-refractivity contribution is -0.136. The van der Waals surface area contributed by atoms with Crippen LogP contribution in [0.3, 0.4) is 0 Å². The van der Waals surface area contributed by atoms with Gasteiger partial charge in [-0.1, -0.05) is 25.0 Å². The van der Waals surface area contributed by atoms with Crippen LogP contribution < -0.4 is 4.74 Å². The quantitative estimate of drug-likeness (QED) is 0.820. The Bertz CT molecular complexity index is 802. The molecule has 1 saturated carbocycles. The highest BCUT2D eigenvalue weighted by Crippen LogP contribution is 2.34. The van der Waals surface area contributed by atoms with Gasteiger partial charge in [0.1, 0.15) is 5.75 Å². The number of carbonyl (C=O) groups excluding carboxylic acids is 1. The number of ether oxygens (including phenoxy) is 1. The minimum atomic E-state index is 0.235. The summed E-state index contributed by atoms with van der Waals surface area (Å²) >= 11 is 0. The largest absolute Gasteiger partial charge is 0.497 e. The van der Waals surface area contributed by atoms with Gasteiger partial charge in [-0.05, 0) is 37.8 Å². The molecule has 2 fully saturated rings. The van der Waals surface area contributed by atoms with Crippen molar-refractivity contribution < 1.29 is 9.53 Å². The van der Waals surface area contributed by atoms with Gasteiger partial charge in [-0.25, -0.2) is 0 Å². The molecular formula is C22H27N3O2. The van der Waals surface area contributed by atoms with Crippen molar-refractivity contribution in [2.24, 2.45) is 5.92 Å². The number of amides is 1. The van der Waals surface area contributed by atoms with Gasteiger partial charge in [-0.15, -0.1) is 0 Å². The normalized spacial score (nSPS) is 20.6. The Hall–Kier alpha value is -2.43. The van der Waals surface area contributed by atoms with Crippen molar-refractivity contribution in [1.29, 1.82) is 0 Å². The molecule has 1 saturated heterocycles. The van der Waals surface area contributed by atoms with E-state index in [-0.39, 0.29) is 11.8 Å². The van der Waals surface area contributed by atoms with Gasteiger partial charge in [0.15, 0.2) is 0 Å². The smallest absolute Gasteiger partial charge is 0.225 e. The van der Waals surface area contributed by atoms with Crippen LogP contribution in [0.15, 0.2) is 36.7 Å². The first-order chi connectivity index (χ1) is 13.3. The predicted molar refractivity (Wildman–Crippen MR) is 105 cm³/mol. The molecular weight excluding hydrogens is 338 g/mol. The molecule has 0 unspecified atom stereocenters. The summed E-state index contributed by atoms with van der Waals surface area (Å²) in [6.07, 6.45) is 10.1. The van der Waals surface area contributed by atoms with Gasteiger partial charge in [0.25, 0.3) is 0 Å². The molecule has 27 heavy (non-hydrogen) atoms. The number of likely N-dealkylation sites (tertiary alicyclic amines) is 1. The fourth-order valence-electron chi connectivity index (χ4n) is 4.47. The molecule has 5 heteroatoms. The maximum absolute atomic E-state index is 12.9. The van der Waals surface area contributed by atoms with Gasteiger partial charge in [-0.3, -0.25) is 14.8 Å². The highest BCUT2D eigenvalue weighted by molar-refractivity contribution is 5.79. The minimum Gasteiger partial charge on any atom is -0.497 e. The number of nitrogens with zero attached hydrogens (tertiary/aromatic N) is 3. The van der Waals surface area contributed by atoms with E-state index in [2.05, 4.69) is 14.9 Å². The van der Waals surface area contributed by atoms with Crippen molar-refractivity contribution >= 4 is 5.91 Å². The summed E-state index contributed by atoms with van der Waals surface area (Å²) in [6, 6.07) is 7.95. The van der Waals surface area contributed by atoms with Gasteiger partial charge in [0.2, 0.25) is 5.91 Å². The lowest BCUT2D eigenvalue weighted by Crippen LogP contribution is -2.42. The molecule has 0 radical (unpaired) electrons. The molecule has 2 aromatic rings. The van der Waals surface area contributed by atoms with Crippen molar-refractivity contribution in [2.75, 3.05) is 20.2 Å². The van der Waals surface area contributed by atoms with E-state index >= 15 is 0 Å². The maximum Gasteiger partial charge on any atom is 0.225 e. The fourth-order valence-corrected chi connectivity index (χ4v) is 4.47. The number of aromatic nitrogens is 2. The lowest BCUT2D eigenvalue weighted by Gasteiger charge is -2.34. The Balaban J connectivity index is 1.58. The number of hydrogen-bond donors (Lipinski definition) is 0. The van der Waals surface area contributed by atoms with Crippen LogP contribution in [0, 0.1) is 5.92 Å². The summed E-state index contributed by atoms with van der Waals surface area (Å²) in [4.78, 5) is 24.3. The van der Waals surface area contributed by atoms with E-state index in [0.29, 0.717) is 5.91 Å². The van der Waals surface area contributed by atoms with Gasteiger partial charge >= 0.3 is 0 Å². The second-order valence-corrected chi connectivity index (χ2v) is 7.63. The van der Waals surface area contributed by atoms with Crippen LogP contribution in [0.1, 0.15) is 50.1 Å². The third kappa shape index (κ3) is 3.82. The Morgan fingerprint density at radius 1 is 1.11 bits per heavy atom. The number of rotatable bonds is 4. The summed E-state index contributed by atoms with van der Waals surface area (Å²) in [5.41, 5.74) is 2.91. The zero-order valence-corrected chi connectivity index (χ0v) is 15.9. The molecule has 1 atom stereocenters. The molecule has 1 aliphatic heterocycles. The summed E-state index contributed by atoms with van der Waals surface area (Å²) in [5.74, 6) is 1.64. The van der Waals surface area contributed by atoms with Gasteiger partial charge < -0.3 is 9.64 Å². The number of hydrogen-bond acceptors (Lipinski definition) is 4. The molecule has 0 bridgehead atoms. The molecule has 1 amide bonds. The second-order valence-electron chi connectivity index (χ2n) is 7.63. The highest BCUT2D eigenvalue weighted by Gasteiger charge is 2.32.